The molecular formula is C22H26N2O3. The van der Waals surface area contributed by atoms with Crippen LogP contribution in [0.3, 0.4) is 0 Å². The van der Waals surface area contributed by atoms with E-state index in [-0.39, 0.29) is 11.9 Å². The molecule has 5 nitrogen and oxygen atoms in total. The molecule has 1 saturated heterocycles. The van der Waals surface area contributed by atoms with Crippen molar-refractivity contribution in [3.8, 4) is 0 Å². The molecule has 0 aliphatic carbocycles. The third-order valence-electron chi connectivity index (χ3n) is 5.39. The Kier molecular flexibility index (Phi) is 5.91. The molecule has 0 spiro atoms. The van der Waals surface area contributed by atoms with Gasteiger partial charge >= 0.3 is 5.97 Å². The smallest absolute Gasteiger partial charge is 0.326 e. The monoisotopic (exact) mass is 366 g/mol. The highest BCUT2D eigenvalue weighted by Gasteiger charge is 2.39. The maximum Gasteiger partial charge on any atom is 0.326 e. The topological polar surface area (TPSA) is 60.9 Å². The zero-order chi connectivity index (χ0) is 19.4. The molecule has 2 aromatic carbocycles. The summed E-state index contributed by atoms with van der Waals surface area (Å²) in [6, 6.07) is 18.5. The van der Waals surface area contributed by atoms with Crippen LogP contribution < -0.4 is 0 Å². The van der Waals surface area contributed by atoms with Crippen LogP contribution in [0.25, 0.3) is 0 Å². The molecule has 2 unspecified atom stereocenters. The fourth-order valence-corrected chi connectivity index (χ4v) is 3.85. The molecule has 0 radical (unpaired) electrons. The third-order valence-corrected chi connectivity index (χ3v) is 5.39. The number of carboxylic acid groups (broad SMARTS) is 1. The molecule has 5 heteroatoms. The Morgan fingerprint density at radius 1 is 1.00 bits per heavy atom. The van der Waals surface area contributed by atoms with E-state index in [4.69, 9.17) is 0 Å². The lowest BCUT2D eigenvalue weighted by Gasteiger charge is -2.41. The Hall–Kier alpha value is -2.66. The van der Waals surface area contributed by atoms with Crippen molar-refractivity contribution in [2.75, 3.05) is 20.6 Å². The average molecular weight is 366 g/mol. The highest BCUT2D eigenvalue weighted by Crippen LogP contribution is 2.30. The molecule has 1 aliphatic rings. The van der Waals surface area contributed by atoms with Crippen molar-refractivity contribution < 1.29 is 14.7 Å². The van der Waals surface area contributed by atoms with Gasteiger partial charge in [-0.15, -0.1) is 0 Å². The van der Waals surface area contributed by atoms with Gasteiger partial charge in [0, 0.05) is 12.6 Å². The quantitative estimate of drug-likeness (QED) is 0.884. The molecule has 0 aromatic heterocycles. The number of carboxylic acids is 1. The van der Waals surface area contributed by atoms with Crippen molar-refractivity contribution in [1.82, 2.24) is 9.80 Å². The molecular weight excluding hydrogens is 340 g/mol. The number of likely N-dealkylation sites (tertiary alicyclic amines) is 1. The van der Waals surface area contributed by atoms with Gasteiger partial charge < -0.3 is 14.9 Å². The van der Waals surface area contributed by atoms with E-state index in [0.29, 0.717) is 13.0 Å². The molecule has 2 aromatic rings. The van der Waals surface area contributed by atoms with E-state index in [1.807, 2.05) is 79.7 Å². The van der Waals surface area contributed by atoms with E-state index in [0.717, 1.165) is 17.5 Å². The summed E-state index contributed by atoms with van der Waals surface area (Å²) < 4.78 is 0. The maximum atomic E-state index is 13.5. The minimum atomic E-state index is -0.935. The second kappa shape index (κ2) is 8.35. The van der Waals surface area contributed by atoms with Crippen LogP contribution in [-0.4, -0.2) is 59.5 Å². The number of carbonyl (C=O) groups excluding carboxylic acids is 1. The van der Waals surface area contributed by atoms with Crippen LogP contribution in [0.4, 0.5) is 0 Å². The standard InChI is InChI=1S/C22H26N2O3/c1-23(2)18-13-14-24(19(15-18)22(26)27)21(25)20(16-9-5-3-6-10-16)17-11-7-4-8-12-17/h3-12,18-20H,13-15H2,1-2H3,(H,26,27). The first-order valence-electron chi connectivity index (χ1n) is 9.28. The number of nitrogens with zero attached hydrogens (tertiary/aromatic N) is 2. The van der Waals surface area contributed by atoms with Gasteiger partial charge in [0.25, 0.3) is 0 Å². The SMILES string of the molecule is CN(C)C1CCN(C(=O)C(c2ccccc2)c2ccccc2)C(C(=O)O)C1. The third kappa shape index (κ3) is 4.19. The van der Waals surface area contributed by atoms with Crippen molar-refractivity contribution in [3.05, 3.63) is 71.8 Å². The van der Waals surface area contributed by atoms with E-state index in [9.17, 15) is 14.7 Å². The Morgan fingerprint density at radius 3 is 1.96 bits per heavy atom. The first-order chi connectivity index (χ1) is 13.0. The van der Waals surface area contributed by atoms with Gasteiger partial charge in [-0.25, -0.2) is 4.79 Å². The van der Waals surface area contributed by atoms with Crippen molar-refractivity contribution in [2.24, 2.45) is 0 Å². The summed E-state index contributed by atoms with van der Waals surface area (Å²) in [7, 11) is 3.91. The van der Waals surface area contributed by atoms with E-state index in [1.54, 1.807) is 4.90 Å². The fourth-order valence-electron chi connectivity index (χ4n) is 3.85. The fraction of sp³-hybridized carbons (Fsp3) is 0.364. The first-order valence-corrected chi connectivity index (χ1v) is 9.28. The summed E-state index contributed by atoms with van der Waals surface area (Å²) in [5.74, 6) is -1.57. The van der Waals surface area contributed by atoms with E-state index in [1.165, 1.54) is 0 Å². The Labute approximate surface area is 160 Å². The van der Waals surface area contributed by atoms with E-state index < -0.39 is 17.9 Å². The van der Waals surface area contributed by atoms with Gasteiger partial charge in [0.05, 0.1) is 5.92 Å². The number of carbonyl (C=O) groups is 2. The average Bonchev–Trinajstić information content (AvgIpc) is 2.69. The lowest BCUT2D eigenvalue weighted by atomic mass is 9.87. The zero-order valence-electron chi connectivity index (χ0n) is 15.8. The number of hydrogen-bond donors (Lipinski definition) is 1. The number of piperidine rings is 1. The molecule has 0 saturated carbocycles. The van der Waals surface area contributed by atoms with E-state index >= 15 is 0 Å². The summed E-state index contributed by atoms with van der Waals surface area (Å²) in [4.78, 5) is 29.1. The van der Waals surface area contributed by atoms with Crippen LogP contribution in [0.15, 0.2) is 60.7 Å². The molecule has 2 atom stereocenters. The van der Waals surface area contributed by atoms with Gasteiger partial charge in [-0.2, -0.15) is 0 Å². The van der Waals surface area contributed by atoms with Crippen LogP contribution in [0, 0.1) is 0 Å². The number of rotatable bonds is 5. The normalized spacial score (nSPS) is 20.1. The van der Waals surface area contributed by atoms with Gasteiger partial charge in [0.15, 0.2) is 0 Å². The highest BCUT2D eigenvalue weighted by molar-refractivity contribution is 5.91. The first kappa shape index (κ1) is 19.1. The van der Waals surface area contributed by atoms with Crippen molar-refractivity contribution >= 4 is 11.9 Å². The number of amides is 1. The zero-order valence-corrected chi connectivity index (χ0v) is 15.8. The van der Waals surface area contributed by atoms with Crippen LogP contribution >= 0.6 is 0 Å². The molecule has 1 fully saturated rings. The number of benzene rings is 2. The van der Waals surface area contributed by atoms with Gasteiger partial charge in [-0.3, -0.25) is 4.79 Å². The summed E-state index contributed by atoms with van der Waals surface area (Å²) >= 11 is 0. The Morgan fingerprint density at radius 2 is 1.52 bits per heavy atom. The lowest BCUT2D eigenvalue weighted by Crippen LogP contribution is -2.55. The molecule has 3 rings (SSSR count). The molecule has 142 valence electrons. The molecule has 1 N–H and O–H groups in total. The highest BCUT2D eigenvalue weighted by atomic mass is 16.4. The number of hydrogen-bond acceptors (Lipinski definition) is 3. The molecule has 1 aliphatic heterocycles. The van der Waals surface area contributed by atoms with Crippen LogP contribution in [0.2, 0.25) is 0 Å². The van der Waals surface area contributed by atoms with Crippen molar-refractivity contribution in [1.29, 1.82) is 0 Å². The summed E-state index contributed by atoms with van der Waals surface area (Å²) in [5, 5.41) is 9.77. The predicted molar refractivity (Wildman–Crippen MR) is 105 cm³/mol. The van der Waals surface area contributed by atoms with Gasteiger partial charge in [-0.05, 0) is 38.1 Å². The predicted octanol–water partition coefficient (Wildman–Crippen LogP) is 2.82. The molecule has 0 bridgehead atoms. The second-order valence-electron chi connectivity index (χ2n) is 7.28. The summed E-state index contributed by atoms with van der Waals surface area (Å²) in [6.45, 7) is 0.453. The molecule has 1 heterocycles. The van der Waals surface area contributed by atoms with Gasteiger partial charge in [-0.1, -0.05) is 60.7 Å². The van der Waals surface area contributed by atoms with Crippen LogP contribution in [0.5, 0.6) is 0 Å². The van der Waals surface area contributed by atoms with Gasteiger partial charge in [0.2, 0.25) is 5.91 Å². The lowest BCUT2D eigenvalue weighted by molar-refractivity contribution is -0.153. The Balaban J connectivity index is 1.95. The van der Waals surface area contributed by atoms with Gasteiger partial charge in [0.1, 0.15) is 6.04 Å². The van der Waals surface area contributed by atoms with Crippen LogP contribution in [0.1, 0.15) is 29.9 Å². The summed E-state index contributed by atoms with van der Waals surface area (Å²) in [6.07, 6.45) is 1.23. The Bertz CT molecular complexity index is 737. The summed E-state index contributed by atoms with van der Waals surface area (Å²) in [5.41, 5.74) is 1.76. The minimum absolute atomic E-state index is 0.142. The minimum Gasteiger partial charge on any atom is -0.480 e. The van der Waals surface area contributed by atoms with Crippen molar-refractivity contribution in [3.63, 3.8) is 0 Å². The second-order valence-corrected chi connectivity index (χ2v) is 7.28. The van der Waals surface area contributed by atoms with Crippen molar-refractivity contribution in [2.45, 2.75) is 30.8 Å². The van der Waals surface area contributed by atoms with Crippen LogP contribution in [-0.2, 0) is 9.59 Å². The molecule has 27 heavy (non-hydrogen) atoms. The number of aliphatic carboxylic acids is 1. The maximum absolute atomic E-state index is 13.5. The molecule has 1 amide bonds. The van der Waals surface area contributed by atoms with E-state index in [2.05, 4.69) is 0 Å². The largest absolute Gasteiger partial charge is 0.480 e.